The molecule has 1 heterocycles. The molecule has 0 amide bonds. The van der Waals surface area contributed by atoms with Crippen LogP contribution in [0.5, 0.6) is 5.75 Å². The summed E-state index contributed by atoms with van der Waals surface area (Å²) in [5.74, 6) is -2.75. The summed E-state index contributed by atoms with van der Waals surface area (Å²) < 4.78 is 48.1. The highest BCUT2D eigenvalue weighted by atomic mass is 35.5. The molecule has 0 saturated carbocycles. The fourth-order valence-corrected chi connectivity index (χ4v) is 5.88. The summed E-state index contributed by atoms with van der Waals surface area (Å²) in [5.41, 5.74) is 2.04. The van der Waals surface area contributed by atoms with Crippen molar-refractivity contribution in [3.63, 3.8) is 0 Å². The van der Waals surface area contributed by atoms with Crippen molar-refractivity contribution in [2.45, 2.75) is 44.6 Å². The summed E-state index contributed by atoms with van der Waals surface area (Å²) in [4.78, 5) is 12.1. The molecule has 0 aromatic heterocycles. The molecule has 2 aromatic carbocycles. The molecule has 6 nitrogen and oxygen atoms in total. The second kappa shape index (κ2) is 8.17. The second-order valence-corrected chi connectivity index (χ2v) is 9.70. The van der Waals surface area contributed by atoms with Crippen LogP contribution >= 0.6 is 11.6 Å². The lowest BCUT2D eigenvalue weighted by molar-refractivity contribution is -0.142. The van der Waals surface area contributed by atoms with Gasteiger partial charge in [0.15, 0.2) is 0 Å². The quantitative estimate of drug-likeness (QED) is 0.752. The molecular weight excluding hydrogens is 433 g/mol. The molecule has 1 N–H and O–H groups in total. The van der Waals surface area contributed by atoms with E-state index in [0.717, 1.165) is 9.87 Å². The fraction of sp³-hybridized carbons (Fsp3) is 0.381. The summed E-state index contributed by atoms with van der Waals surface area (Å²) in [7, 11) is -4.25. The zero-order chi connectivity index (χ0) is 22.4. The van der Waals surface area contributed by atoms with E-state index < -0.39 is 33.8 Å². The lowest BCUT2D eigenvalue weighted by atomic mass is 9.87. The van der Waals surface area contributed by atoms with Crippen LogP contribution in [0, 0.1) is 26.6 Å². The highest BCUT2D eigenvalue weighted by Crippen LogP contribution is 2.39. The average Bonchev–Trinajstić information content (AvgIpc) is 2.79. The number of nitrogens with zero attached hydrogens (tertiary/aromatic N) is 1. The molecule has 2 atom stereocenters. The Balaban J connectivity index is 2.16. The number of carbonyl (C=O) groups is 1. The monoisotopic (exact) mass is 455 g/mol. The minimum Gasteiger partial charge on any atom is -0.490 e. The Bertz CT molecular complexity index is 1120. The Morgan fingerprint density at radius 3 is 2.50 bits per heavy atom. The van der Waals surface area contributed by atoms with Crippen molar-refractivity contribution in [2.24, 2.45) is 0 Å². The van der Waals surface area contributed by atoms with E-state index in [1.54, 1.807) is 26.8 Å². The number of carboxylic acid groups (broad SMARTS) is 1. The van der Waals surface area contributed by atoms with Gasteiger partial charge in [0.05, 0.1) is 0 Å². The van der Waals surface area contributed by atoms with Crippen molar-refractivity contribution in [3.8, 4) is 5.75 Å². The van der Waals surface area contributed by atoms with Gasteiger partial charge in [-0.1, -0.05) is 24.6 Å². The molecule has 1 aliphatic heterocycles. The van der Waals surface area contributed by atoms with Crippen molar-refractivity contribution in [1.29, 1.82) is 0 Å². The van der Waals surface area contributed by atoms with Gasteiger partial charge >= 0.3 is 5.97 Å². The van der Waals surface area contributed by atoms with Gasteiger partial charge in [-0.2, -0.15) is 4.31 Å². The molecule has 162 valence electrons. The lowest BCUT2D eigenvalue weighted by Crippen LogP contribution is -2.48. The third-order valence-corrected chi connectivity index (χ3v) is 7.99. The number of hydrogen-bond donors (Lipinski definition) is 1. The van der Waals surface area contributed by atoms with E-state index in [2.05, 4.69) is 0 Å². The van der Waals surface area contributed by atoms with E-state index in [0.29, 0.717) is 16.1 Å². The van der Waals surface area contributed by atoms with Crippen LogP contribution in [0.15, 0.2) is 29.2 Å². The molecule has 0 spiro atoms. The van der Waals surface area contributed by atoms with Gasteiger partial charge in [0.2, 0.25) is 10.0 Å². The number of benzene rings is 2. The fourth-order valence-electron chi connectivity index (χ4n) is 3.91. The third-order valence-electron chi connectivity index (χ3n) is 5.67. The number of aryl methyl sites for hydroxylation is 1. The minimum absolute atomic E-state index is 0.0564. The predicted molar refractivity (Wildman–Crippen MR) is 111 cm³/mol. The van der Waals surface area contributed by atoms with E-state index in [1.807, 2.05) is 0 Å². The van der Waals surface area contributed by atoms with Crippen molar-refractivity contribution in [3.05, 3.63) is 57.4 Å². The maximum atomic E-state index is 14.7. The largest absolute Gasteiger partial charge is 0.490 e. The zero-order valence-electron chi connectivity index (χ0n) is 17.1. The molecular formula is C21H23ClFNO5S. The molecule has 0 aliphatic carbocycles. The summed E-state index contributed by atoms with van der Waals surface area (Å²) in [5, 5.41) is 10.3. The Hall–Kier alpha value is -2.16. The van der Waals surface area contributed by atoms with Gasteiger partial charge in [-0.25, -0.2) is 12.8 Å². The van der Waals surface area contributed by atoms with E-state index in [4.69, 9.17) is 16.3 Å². The second-order valence-electron chi connectivity index (χ2n) is 7.44. The van der Waals surface area contributed by atoms with Gasteiger partial charge in [-0.3, -0.25) is 4.79 Å². The topological polar surface area (TPSA) is 83.9 Å². The molecule has 1 unspecified atom stereocenters. The number of rotatable bonds is 4. The van der Waals surface area contributed by atoms with Gasteiger partial charge in [0.25, 0.3) is 0 Å². The molecule has 0 saturated heterocycles. The van der Waals surface area contributed by atoms with Crippen LogP contribution in [0.4, 0.5) is 4.39 Å². The first-order valence-corrected chi connectivity index (χ1v) is 11.2. The average molecular weight is 456 g/mol. The Morgan fingerprint density at radius 2 is 1.87 bits per heavy atom. The summed E-state index contributed by atoms with van der Waals surface area (Å²) in [6, 6.07) is 4.10. The van der Waals surface area contributed by atoms with Crippen molar-refractivity contribution >= 4 is 27.6 Å². The van der Waals surface area contributed by atoms with E-state index in [-0.39, 0.29) is 29.4 Å². The van der Waals surface area contributed by atoms with Crippen molar-refractivity contribution < 1.29 is 27.4 Å². The smallest absolute Gasteiger partial charge is 0.322 e. The van der Waals surface area contributed by atoms with E-state index >= 15 is 0 Å². The van der Waals surface area contributed by atoms with Gasteiger partial charge < -0.3 is 9.84 Å². The molecule has 3 rings (SSSR count). The Morgan fingerprint density at radius 1 is 1.20 bits per heavy atom. The highest BCUT2D eigenvalue weighted by Gasteiger charge is 2.43. The van der Waals surface area contributed by atoms with E-state index in [1.165, 1.54) is 25.1 Å². The Labute approximate surface area is 180 Å². The van der Waals surface area contributed by atoms with Crippen LogP contribution in [-0.4, -0.2) is 43.0 Å². The summed E-state index contributed by atoms with van der Waals surface area (Å²) in [6.07, 6.45) is 0. The molecule has 1 aliphatic rings. The maximum absolute atomic E-state index is 14.7. The maximum Gasteiger partial charge on any atom is 0.322 e. The molecule has 0 fully saturated rings. The van der Waals surface area contributed by atoms with Gasteiger partial charge in [-0.05, 0) is 55.7 Å². The van der Waals surface area contributed by atoms with Crippen LogP contribution in [-0.2, 0) is 14.8 Å². The van der Waals surface area contributed by atoms with Crippen LogP contribution in [0.1, 0.15) is 35.1 Å². The van der Waals surface area contributed by atoms with E-state index in [9.17, 15) is 22.7 Å². The molecule has 0 bridgehead atoms. The first-order valence-electron chi connectivity index (χ1n) is 9.40. The SMILES string of the molecule is Cc1ccc(F)c(C(C)[C@@H](C(=O)O)N2CCOc3c(ccc(Cl)c3C)S2(=O)=O)c1C. The normalized spacial score (nSPS) is 18.1. The first kappa shape index (κ1) is 22.5. The number of ether oxygens (including phenoxy) is 1. The Kier molecular flexibility index (Phi) is 6.13. The summed E-state index contributed by atoms with van der Waals surface area (Å²) in [6.45, 7) is 6.40. The molecule has 9 heteroatoms. The van der Waals surface area contributed by atoms with Gasteiger partial charge in [0, 0.05) is 23.0 Å². The summed E-state index contributed by atoms with van der Waals surface area (Å²) >= 11 is 6.10. The van der Waals surface area contributed by atoms with Crippen LogP contribution in [0.2, 0.25) is 5.02 Å². The van der Waals surface area contributed by atoms with Gasteiger partial charge in [-0.15, -0.1) is 0 Å². The molecule has 0 radical (unpaired) electrons. The lowest BCUT2D eigenvalue weighted by Gasteiger charge is -2.31. The highest BCUT2D eigenvalue weighted by molar-refractivity contribution is 7.89. The number of halogens is 2. The van der Waals surface area contributed by atoms with Crippen LogP contribution in [0.25, 0.3) is 0 Å². The van der Waals surface area contributed by atoms with Crippen LogP contribution < -0.4 is 4.74 Å². The number of sulfonamides is 1. The number of aliphatic carboxylic acids is 1. The number of fused-ring (bicyclic) bond motifs is 1. The zero-order valence-corrected chi connectivity index (χ0v) is 18.6. The molecule has 2 aromatic rings. The molecule has 30 heavy (non-hydrogen) atoms. The number of carboxylic acids is 1. The first-order chi connectivity index (χ1) is 14.0. The van der Waals surface area contributed by atoms with Crippen molar-refractivity contribution in [1.82, 2.24) is 4.31 Å². The third kappa shape index (κ3) is 3.68. The van der Waals surface area contributed by atoms with Crippen molar-refractivity contribution in [2.75, 3.05) is 13.2 Å². The minimum atomic E-state index is -4.25. The van der Waals surface area contributed by atoms with Crippen LogP contribution in [0.3, 0.4) is 0 Å². The number of hydrogen-bond acceptors (Lipinski definition) is 4. The van der Waals surface area contributed by atoms with Gasteiger partial charge in [0.1, 0.15) is 29.1 Å². The standard InChI is InChI=1S/C21H23ClFNO5S/c1-11-5-7-16(23)18(12(11)2)14(4)19(21(25)26)24-9-10-29-20-13(3)15(22)6-8-17(20)30(24,27)28/h5-8,14,19H,9-10H2,1-4H3,(H,25,26)/t14?,19-/m0/s1. The predicted octanol–water partition coefficient (Wildman–Crippen LogP) is 4.04.